The number of halogens is 2. The minimum atomic E-state index is -1.01. The molecule has 2 amide bonds. The number of likely N-dealkylation sites (tertiary alicyclic amines) is 1. The van der Waals surface area contributed by atoms with E-state index >= 15 is 0 Å². The van der Waals surface area contributed by atoms with E-state index in [0.29, 0.717) is 24.6 Å². The molecule has 2 N–H and O–H groups in total. The van der Waals surface area contributed by atoms with Crippen LogP contribution in [0.3, 0.4) is 0 Å². The van der Waals surface area contributed by atoms with Crippen molar-refractivity contribution in [2.75, 3.05) is 13.1 Å². The van der Waals surface area contributed by atoms with Gasteiger partial charge in [-0.3, -0.25) is 4.68 Å². The van der Waals surface area contributed by atoms with Gasteiger partial charge in [-0.25, -0.2) is 9.18 Å². The number of hydrogen-bond acceptors (Lipinski definition) is 3. The van der Waals surface area contributed by atoms with E-state index in [1.165, 1.54) is 0 Å². The van der Waals surface area contributed by atoms with E-state index in [4.69, 9.17) is 11.6 Å². The smallest absolute Gasteiger partial charge is 0.317 e. The predicted octanol–water partition coefficient (Wildman–Crippen LogP) is 3.18. The van der Waals surface area contributed by atoms with Gasteiger partial charge in [0.1, 0.15) is 11.9 Å². The lowest BCUT2D eigenvalue weighted by Crippen LogP contribution is -2.50. The standard InChI is InChI=1S/C19H22ClFN4O2/c1-19(11-4-6-24(7-5-11)18(27)23-12-2-3-12)17(26)14-15(21)13(20)8-10-9-22-25(19)16(10)14/h8-9,11-12,17,26H,2-7H2,1H3,(H,23,27)/t17-,19?/m1/s1. The molecule has 1 saturated heterocycles. The number of benzene rings is 1. The first-order valence-corrected chi connectivity index (χ1v) is 9.88. The number of nitrogens with zero attached hydrogens (tertiary/aromatic N) is 3. The zero-order valence-electron chi connectivity index (χ0n) is 15.1. The summed E-state index contributed by atoms with van der Waals surface area (Å²) in [4.78, 5) is 14.1. The first-order valence-electron chi connectivity index (χ1n) is 9.51. The number of hydrogen-bond donors (Lipinski definition) is 2. The normalized spacial score (nSPS) is 28.1. The quantitative estimate of drug-likeness (QED) is 0.824. The molecule has 6 nitrogen and oxygen atoms in total. The summed E-state index contributed by atoms with van der Waals surface area (Å²) in [6.45, 7) is 3.17. The van der Waals surface area contributed by atoms with Crippen molar-refractivity contribution in [3.05, 3.63) is 28.7 Å². The summed E-state index contributed by atoms with van der Waals surface area (Å²) in [5.74, 6) is -0.491. The Morgan fingerprint density at radius 1 is 1.37 bits per heavy atom. The number of rotatable bonds is 2. The van der Waals surface area contributed by atoms with Crippen molar-refractivity contribution in [1.82, 2.24) is 20.0 Å². The van der Waals surface area contributed by atoms with Crippen LogP contribution in [0.15, 0.2) is 12.3 Å². The minimum absolute atomic E-state index is 0.00401. The summed E-state index contributed by atoms with van der Waals surface area (Å²) in [5.41, 5.74) is 0.112. The average molecular weight is 393 g/mol. The maximum Gasteiger partial charge on any atom is 0.317 e. The van der Waals surface area contributed by atoms with Crippen molar-refractivity contribution in [2.24, 2.45) is 5.92 Å². The van der Waals surface area contributed by atoms with Crippen LogP contribution in [-0.2, 0) is 5.54 Å². The number of urea groups is 1. The fraction of sp³-hybridized carbons (Fsp3) is 0.579. The van der Waals surface area contributed by atoms with Gasteiger partial charge in [0.2, 0.25) is 0 Å². The third kappa shape index (κ3) is 2.41. The fourth-order valence-corrected chi connectivity index (χ4v) is 4.97. The molecule has 0 radical (unpaired) electrons. The molecule has 2 aliphatic heterocycles. The van der Waals surface area contributed by atoms with Crippen LogP contribution < -0.4 is 5.32 Å². The van der Waals surface area contributed by atoms with Crippen LogP contribution in [0.1, 0.15) is 44.3 Å². The molecule has 2 atom stereocenters. The highest BCUT2D eigenvalue weighted by atomic mass is 35.5. The Morgan fingerprint density at radius 2 is 2.07 bits per heavy atom. The number of aliphatic hydroxyl groups is 1. The molecule has 5 rings (SSSR count). The number of carbonyl (C=O) groups excluding carboxylic acids is 1. The van der Waals surface area contributed by atoms with E-state index in [0.717, 1.165) is 31.1 Å². The Hall–Kier alpha value is -1.86. The largest absolute Gasteiger partial charge is 0.386 e. The molecule has 8 heteroatoms. The molecule has 3 heterocycles. The van der Waals surface area contributed by atoms with Crippen molar-refractivity contribution in [3.63, 3.8) is 0 Å². The summed E-state index contributed by atoms with van der Waals surface area (Å²) in [6, 6.07) is 1.89. The van der Waals surface area contributed by atoms with Gasteiger partial charge in [-0.15, -0.1) is 0 Å². The first kappa shape index (κ1) is 17.3. The van der Waals surface area contributed by atoms with Gasteiger partial charge in [0.15, 0.2) is 0 Å². The van der Waals surface area contributed by atoms with Gasteiger partial charge in [0.05, 0.1) is 22.3 Å². The molecule has 0 bridgehead atoms. The van der Waals surface area contributed by atoms with Gasteiger partial charge in [-0.1, -0.05) is 11.6 Å². The average Bonchev–Trinajstić information content (AvgIpc) is 3.33. The van der Waals surface area contributed by atoms with Crippen LogP contribution in [-0.4, -0.2) is 44.9 Å². The molecule has 144 valence electrons. The number of piperidine rings is 1. The highest BCUT2D eigenvalue weighted by molar-refractivity contribution is 6.31. The lowest BCUT2D eigenvalue weighted by atomic mass is 9.75. The number of carbonyl (C=O) groups is 1. The van der Waals surface area contributed by atoms with E-state index in [1.54, 1.807) is 16.9 Å². The molecule has 1 aromatic carbocycles. The predicted molar refractivity (Wildman–Crippen MR) is 99.2 cm³/mol. The molecule has 27 heavy (non-hydrogen) atoms. The molecule has 1 unspecified atom stereocenters. The minimum Gasteiger partial charge on any atom is -0.386 e. The van der Waals surface area contributed by atoms with Crippen molar-refractivity contribution in [1.29, 1.82) is 0 Å². The van der Waals surface area contributed by atoms with Crippen molar-refractivity contribution in [3.8, 4) is 0 Å². The third-order valence-corrected chi connectivity index (χ3v) is 6.85. The molecular formula is C19H22ClFN4O2. The van der Waals surface area contributed by atoms with E-state index < -0.39 is 17.5 Å². The molecule has 1 aliphatic carbocycles. The van der Waals surface area contributed by atoms with Crippen molar-refractivity contribution < 1.29 is 14.3 Å². The SMILES string of the molecule is CC1(C2CCN(C(=O)NC3CC3)CC2)[C@H](O)c2c(F)c(Cl)cc3cnn1c23. The number of nitrogens with one attached hydrogen (secondary N) is 1. The zero-order chi connectivity index (χ0) is 18.9. The highest BCUT2D eigenvalue weighted by Crippen LogP contribution is 2.52. The second kappa shape index (κ2) is 5.82. The first-order chi connectivity index (χ1) is 12.9. The second-order valence-corrected chi connectivity index (χ2v) is 8.60. The molecule has 1 saturated carbocycles. The zero-order valence-corrected chi connectivity index (χ0v) is 15.8. The van der Waals surface area contributed by atoms with E-state index in [9.17, 15) is 14.3 Å². The van der Waals surface area contributed by atoms with Crippen molar-refractivity contribution in [2.45, 2.75) is 50.3 Å². The number of amides is 2. The molecule has 3 aliphatic rings. The topological polar surface area (TPSA) is 70.4 Å². The Labute approximate surface area is 161 Å². The molecular weight excluding hydrogens is 371 g/mol. The van der Waals surface area contributed by atoms with Crippen molar-refractivity contribution >= 4 is 28.5 Å². The summed E-state index contributed by atoms with van der Waals surface area (Å²) in [7, 11) is 0. The highest BCUT2D eigenvalue weighted by Gasteiger charge is 2.52. The lowest BCUT2D eigenvalue weighted by molar-refractivity contribution is -0.0130. The summed E-state index contributed by atoms with van der Waals surface area (Å²) in [6.07, 6.45) is 4.25. The Morgan fingerprint density at radius 3 is 2.74 bits per heavy atom. The van der Waals surface area contributed by atoms with Crippen LogP contribution in [0, 0.1) is 11.7 Å². The van der Waals surface area contributed by atoms with Crippen LogP contribution in [0.2, 0.25) is 5.02 Å². The van der Waals surface area contributed by atoms with Gasteiger partial charge in [0, 0.05) is 30.1 Å². The maximum absolute atomic E-state index is 14.7. The lowest BCUT2D eigenvalue weighted by Gasteiger charge is -2.42. The van der Waals surface area contributed by atoms with Crippen LogP contribution in [0.25, 0.3) is 10.9 Å². The Balaban J connectivity index is 1.42. The fourth-order valence-electron chi connectivity index (χ4n) is 4.75. The summed E-state index contributed by atoms with van der Waals surface area (Å²) in [5, 5.41) is 19.3. The molecule has 2 aromatic rings. The third-order valence-electron chi connectivity index (χ3n) is 6.58. The van der Waals surface area contributed by atoms with Gasteiger partial charge in [-0.05, 0) is 44.6 Å². The molecule has 1 aromatic heterocycles. The van der Waals surface area contributed by atoms with E-state index in [-0.39, 0.29) is 22.5 Å². The van der Waals surface area contributed by atoms with Gasteiger partial charge in [0.25, 0.3) is 0 Å². The Kier molecular flexibility index (Phi) is 3.72. The molecule has 0 spiro atoms. The second-order valence-electron chi connectivity index (χ2n) is 8.19. The van der Waals surface area contributed by atoms with E-state index in [1.807, 2.05) is 11.8 Å². The van der Waals surface area contributed by atoms with Crippen LogP contribution >= 0.6 is 11.6 Å². The number of aromatic nitrogens is 2. The summed E-state index contributed by atoms with van der Waals surface area (Å²) >= 11 is 6.02. The molecule has 2 fully saturated rings. The van der Waals surface area contributed by atoms with Gasteiger partial charge >= 0.3 is 6.03 Å². The number of aliphatic hydroxyl groups excluding tert-OH is 1. The van der Waals surface area contributed by atoms with Gasteiger partial charge < -0.3 is 15.3 Å². The Bertz CT molecular complexity index is 935. The summed E-state index contributed by atoms with van der Waals surface area (Å²) < 4.78 is 16.5. The van der Waals surface area contributed by atoms with Crippen LogP contribution in [0.4, 0.5) is 9.18 Å². The van der Waals surface area contributed by atoms with Gasteiger partial charge in [-0.2, -0.15) is 5.10 Å². The monoisotopic (exact) mass is 392 g/mol. The maximum atomic E-state index is 14.7. The van der Waals surface area contributed by atoms with Crippen LogP contribution in [0.5, 0.6) is 0 Å². The van der Waals surface area contributed by atoms with E-state index in [2.05, 4.69) is 10.4 Å².